The fourth-order valence-corrected chi connectivity index (χ4v) is 1.40. The van der Waals surface area contributed by atoms with Gasteiger partial charge in [0.05, 0.1) is 25.6 Å². The Balaban J connectivity index is 2.77. The van der Waals surface area contributed by atoms with Crippen molar-refractivity contribution in [1.82, 2.24) is 0 Å². The Hall–Kier alpha value is -1.97. The van der Waals surface area contributed by atoms with E-state index in [9.17, 15) is 4.79 Å². The van der Waals surface area contributed by atoms with Gasteiger partial charge in [0, 0.05) is 6.42 Å². The van der Waals surface area contributed by atoms with Crippen LogP contribution in [0.2, 0.25) is 0 Å². The molecular weight excluding hydrogens is 220 g/mol. The fraction of sp³-hybridized carbons (Fsp3) is 0.308. The van der Waals surface area contributed by atoms with Gasteiger partial charge in [0.25, 0.3) is 0 Å². The molecule has 0 aliphatic rings. The lowest BCUT2D eigenvalue weighted by atomic mass is 10.1. The number of aliphatic hydroxyl groups is 1. The highest BCUT2D eigenvalue weighted by molar-refractivity contribution is 5.88. The lowest BCUT2D eigenvalue weighted by Crippen LogP contribution is -2.10. The lowest BCUT2D eigenvalue weighted by molar-refractivity contribution is -0.138. The van der Waals surface area contributed by atoms with Crippen LogP contribution in [-0.4, -0.2) is 24.8 Å². The number of benzene rings is 1. The Kier molecular flexibility index (Phi) is 5.07. The van der Waals surface area contributed by atoms with Crippen LogP contribution in [-0.2, 0) is 16.0 Å². The Morgan fingerprint density at radius 1 is 1.47 bits per heavy atom. The van der Waals surface area contributed by atoms with Gasteiger partial charge in [-0.2, -0.15) is 0 Å². The second kappa shape index (κ2) is 6.58. The summed E-state index contributed by atoms with van der Waals surface area (Å²) in [6, 6.07) is 7.30. The molecule has 0 aromatic heterocycles. The highest BCUT2D eigenvalue weighted by Crippen LogP contribution is 2.16. The first-order valence-electron chi connectivity index (χ1n) is 5.34. The van der Waals surface area contributed by atoms with E-state index in [-0.39, 0.29) is 12.2 Å². The highest BCUT2D eigenvalue weighted by Gasteiger charge is 2.11. The fourth-order valence-electron chi connectivity index (χ4n) is 1.40. The molecule has 0 bridgehead atoms. The van der Waals surface area contributed by atoms with Crippen molar-refractivity contribution in [3.8, 4) is 5.75 Å². The van der Waals surface area contributed by atoms with Crippen LogP contribution in [0.25, 0.3) is 0 Å². The van der Waals surface area contributed by atoms with Crippen LogP contribution in [0.15, 0.2) is 36.1 Å². The standard InChI is InChI=1S/C13H16O4/c1-3-17-13(15)11(9-14)7-10-5-4-6-12(8-10)16-2/h4-6,8-9,14H,3,7H2,1-2H3/b11-9+. The minimum absolute atomic E-state index is 0.222. The molecule has 0 aliphatic carbocycles. The number of carbonyl (C=O) groups excluding carboxylic acids is 1. The van der Waals surface area contributed by atoms with Gasteiger partial charge in [0.1, 0.15) is 5.75 Å². The maximum atomic E-state index is 11.5. The number of aliphatic hydroxyl groups excluding tert-OH is 1. The quantitative estimate of drug-likeness (QED) is 0.484. The Bertz CT molecular complexity index is 410. The summed E-state index contributed by atoms with van der Waals surface area (Å²) >= 11 is 0. The van der Waals surface area contributed by atoms with Gasteiger partial charge in [-0.3, -0.25) is 0 Å². The third-order valence-corrected chi connectivity index (χ3v) is 2.22. The average molecular weight is 236 g/mol. The maximum absolute atomic E-state index is 11.5. The first-order valence-corrected chi connectivity index (χ1v) is 5.34. The number of carbonyl (C=O) groups is 1. The van der Waals surface area contributed by atoms with E-state index in [4.69, 9.17) is 14.6 Å². The molecular formula is C13H16O4. The van der Waals surface area contributed by atoms with Crippen molar-refractivity contribution in [2.45, 2.75) is 13.3 Å². The second-order valence-corrected chi connectivity index (χ2v) is 3.40. The first kappa shape index (κ1) is 13.1. The minimum Gasteiger partial charge on any atom is -0.515 e. The molecule has 92 valence electrons. The van der Waals surface area contributed by atoms with Crippen molar-refractivity contribution < 1.29 is 19.4 Å². The van der Waals surface area contributed by atoms with Crippen molar-refractivity contribution in [1.29, 1.82) is 0 Å². The monoisotopic (exact) mass is 236 g/mol. The van der Waals surface area contributed by atoms with Crippen LogP contribution in [0.3, 0.4) is 0 Å². The van der Waals surface area contributed by atoms with Crippen LogP contribution in [0.1, 0.15) is 12.5 Å². The third kappa shape index (κ3) is 3.83. The van der Waals surface area contributed by atoms with E-state index < -0.39 is 5.97 Å². The van der Waals surface area contributed by atoms with E-state index in [2.05, 4.69) is 0 Å². The van der Waals surface area contributed by atoms with Crippen LogP contribution in [0.4, 0.5) is 0 Å². The van der Waals surface area contributed by atoms with Crippen LogP contribution in [0.5, 0.6) is 5.75 Å². The summed E-state index contributed by atoms with van der Waals surface area (Å²) in [6.07, 6.45) is 1.10. The third-order valence-electron chi connectivity index (χ3n) is 2.22. The van der Waals surface area contributed by atoms with Crippen molar-refractivity contribution in [2.75, 3.05) is 13.7 Å². The van der Waals surface area contributed by atoms with E-state index in [0.717, 1.165) is 11.8 Å². The van der Waals surface area contributed by atoms with Gasteiger partial charge in [0.15, 0.2) is 0 Å². The van der Waals surface area contributed by atoms with Gasteiger partial charge in [-0.05, 0) is 24.6 Å². The van der Waals surface area contributed by atoms with Gasteiger partial charge >= 0.3 is 5.97 Å². The van der Waals surface area contributed by atoms with Crippen LogP contribution in [0, 0.1) is 0 Å². The van der Waals surface area contributed by atoms with E-state index in [1.54, 1.807) is 14.0 Å². The molecule has 0 heterocycles. The normalized spacial score (nSPS) is 11.1. The maximum Gasteiger partial charge on any atom is 0.337 e. The van der Waals surface area contributed by atoms with Crippen LogP contribution < -0.4 is 4.74 Å². The second-order valence-electron chi connectivity index (χ2n) is 3.40. The number of methoxy groups -OCH3 is 1. The van der Waals surface area contributed by atoms with Crippen LogP contribution >= 0.6 is 0 Å². The molecule has 0 saturated heterocycles. The molecule has 1 N–H and O–H groups in total. The molecule has 17 heavy (non-hydrogen) atoms. The number of ether oxygens (including phenoxy) is 2. The van der Waals surface area contributed by atoms with E-state index >= 15 is 0 Å². The summed E-state index contributed by atoms with van der Waals surface area (Å²) in [5.41, 5.74) is 1.10. The first-order chi connectivity index (χ1) is 8.21. The molecule has 0 saturated carbocycles. The zero-order valence-electron chi connectivity index (χ0n) is 9.97. The molecule has 1 rings (SSSR count). The van der Waals surface area contributed by atoms with Crippen molar-refractivity contribution in [3.05, 3.63) is 41.7 Å². The van der Waals surface area contributed by atoms with Crippen molar-refractivity contribution in [3.63, 3.8) is 0 Å². The van der Waals surface area contributed by atoms with E-state index in [0.29, 0.717) is 12.2 Å². The molecule has 0 unspecified atom stereocenters. The average Bonchev–Trinajstić information content (AvgIpc) is 2.36. The summed E-state index contributed by atoms with van der Waals surface area (Å²) in [6.45, 7) is 2.01. The minimum atomic E-state index is -0.502. The Morgan fingerprint density at radius 3 is 2.82 bits per heavy atom. The summed E-state index contributed by atoms with van der Waals surface area (Å²) < 4.78 is 9.91. The molecule has 0 spiro atoms. The molecule has 0 radical (unpaired) electrons. The molecule has 0 amide bonds. The molecule has 0 fully saturated rings. The van der Waals surface area contributed by atoms with Gasteiger partial charge in [-0.25, -0.2) is 4.79 Å². The molecule has 1 aromatic carbocycles. The summed E-state index contributed by atoms with van der Waals surface area (Å²) in [7, 11) is 1.58. The summed E-state index contributed by atoms with van der Waals surface area (Å²) in [5, 5.41) is 9.02. The highest BCUT2D eigenvalue weighted by atomic mass is 16.5. The van der Waals surface area contributed by atoms with Gasteiger partial charge in [0.2, 0.25) is 0 Å². The topological polar surface area (TPSA) is 55.8 Å². The van der Waals surface area contributed by atoms with Gasteiger partial charge < -0.3 is 14.6 Å². The number of hydrogen-bond donors (Lipinski definition) is 1. The van der Waals surface area contributed by atoms with Gasteiger partial charge in [-0.15, -0.1) is 0 Å². The predicted molar refractivity (Wildman–Crippen MR) is 64.0 cm³/mol. The lowest BCUT2D eigenvalue weighted by Gasteiger charge is -2.07. The molecule has 4 nitrogen and oxygen atoms in total. The van der Waals surface area contributed by atoms with Gasteiger partial charge in [-0.1, -0.05) is 12.1 Å². The largest absolute Gasteiger partial charge is 0.515 e. The number of rotatable bonds is 5. The Morgan fingerprint density at radius 2 is 2.24 bits per heavy atom. The molecule has 1 aromatic rings. The zero-order chi connectivity index (χ0) is 12.7. The predicted octanol–water partition coefficient (Wildman–Crippen LogP) is 2.24. The molecule has 0 atom stereocenters. The smallest absolute Gasteiger partial charge is 0.337 e. The van der Waals surface area contributed by atoms with Crippen molar-refractivity contribution >= 4 is 5.97 Å². The zero-order valence-corrected chi connectivity index (χ0v) is 9.97. The molecule has 0 aliphatic heterocycles. The number of hydrogen-bond acceptors (Lipinski definition) is 4. The summed E-state index contributed by atoms with van der Waals surface area (Å²) in [4.78, 5) is 11.5. The van der Waals surface area contributed by atoms with E-state index in [1.807, 2.05) is 24.3 Å². The van der Waals surface area contributed by atoms with E-state index in [1.165, 1.54) is 0 Å². The summed E-state index contributed by atoms with van der Waals surface area (Å²) in [5.74, 6) is 0.210. The molecule has 4 heteroatoms. The van der Waals surface area contributed by atoms with Crippen molar-refractivity contribution in [2.24, 2.45) is 0 Å². The SMILES string of the molecule is CCOC(=O)/C(=C/O)Cc1cccc(OC)c1. The number of esters is 1. The Labute approximate surface area is 100 Å².